The average molecular weight is 492 g/mol. The fourth-order valence-corrected chi connectivity index (χ4v) is 6.24. The predicted octanol–water partition coefficient (Wildman–Crippen LogP) is 1.03. The molecule has 9 nitrogen and oxygen atoms in total. The molecule has 1 atom stereocenters. The molecular weight excluding hydrogens is 466 g/mol. The Bertz CT molecular complexity index is 1010. The Balaban J connectivity index is 1.44. The van der Waals surface area contributed by atoms with Crippen LogP contribution in [0.15, 0.2) is 40.6 Å². The third-order valence-corrected chi connectivity index (χ3v) is 8.91. The summed E-state index contributed by atoms with van der Waals surface area (Å²) in [5.74, 6) is -0.647. The molecule has 1 N–H and O–H groups in total. The monoisotopic (exact) mass is 491 g/mol. The van der Waals surface area contributed by atoms with Crippen molar-refractivity contribution in [2.75, 3.05) is 45.9 Å². The van der Waals surface area contributed by atoms with Gasteiger partial charge >= 0.3 is 0 Å². The number of benzene rings is 1. The molecule has 12 heteroatoms. The van der Waals surface area contributed by atoms with Gasteiger partial charge in [-0.3, -0.25) is 4.79 Å². The summed E-state index contributed by atoms with van der Waals surface area (Å²) in [5, 5.41) is 4.31. The molecule has 0 saturated carbocycles. The van der Waals surface area contributed by atoms with Crippen molar-refractivity contribution in [2.24, 2.45) is 5.92 Å². The molecule has 1 amide bonds. The van der Waals surface area contributed by atoms with Gasteiger partial charge in [-0.25, -0.2) is 8.42 Å². The highest BCUT2D eigenvalue weighted by Gasteiger charge is 2.38. The molecule has 0 bridgehead atoms. The highest BCUT2D eigenvalue weighted by Crippen LogP contribution is 2.22. The van der Waals surface area contributed by atoms with Gasteiger partial charge in [0.2, 0.25) is 5.91 Å². The van der Waals surface area contributed by atoms with E-state index in [0.29, 0.717) is 50.7 Å². The van der Waals surface area contributed by atoms with Crippen LogP contribution in [-0.4, -0.2) is 77.3 Å². The molecule has 172 valence electrons. The van der Waals surface area contributed by atoms with E-state index in [0.717, 1.165) is 5.41 Å². The molecular formula is C19H26ClN3O6S2. The molecule has 0 radical (unpaired) electrons. The van der Waals surface area contributed by atoms with Crippen LogP contribution in [0.5, 0.6) is 0 Å². The summed E-state index contributed by atoms with van der Waals surface area (Å²) in [7, 11) is -7.15. The van der Waals surface area contributed by atoms with Crippen molar-refractivity contribution in [1.82, 2.24) is 13.9 Å². The number of rotatable bonds is 8. The van der Waals surface area contributed by atoms with Gasteiger partial charge in [0.1, 0.15) is 0 Å². The second-order valence-electron chi connectivity index (χ2n) is 7.31. The first kappa shape index (κ1) is 24.1. The Labute approximate surface area is 188 Å². The fourth-order valence-electron chi connectivity index (χ4n) is 3.41. The Hall–Kier alpha value is -1.50. The Morgan fingerprint density at radius 2 is 1.77 bits per heavy atom. The van der Waals surface area contributed by atoms with Gasteiger partial charge in [-0.15, -0.1) is 0 Å². The minimum Gasteiger partial charge on any atom is -0.379 e. The van der Waals surface area contributed by atoms with Crippen LogP contribution in [0.25, 0.3) is 0 Å². The second kappa shape index (κ2) is 10.4. The summed E-state index contributed by atoms with van der Waals surface area (Å²) in [5.41, 5.74) is 0. The third-order valence-electron chi connectivity index (χ3n) is 5.17. The lowest BCUT2D eigenvalue weighted by molar-refractivity contribution is -0.124. The molecule has 2 aliphatic heterocycles. The van der Waals surface area contributed by atoms with Gasteiger partial charge in [-0.1, -0.05) is 17.7 Å². The highest BCUT2D eigenvalue weighted by molar-refractivity contribution is 7.94. The van der Waals surface area contributed by atoms with Crippen LogP contribution >= 0.6 is 11.6 Å². The molecule has 1 aromatic rings. The average Bonchev–Trinajstić information content (AvgIpc) is 3.25. The number of carbonyl (C=O) groups is 1. The Kier molecular flexibility index (Phi) is 8.11. The number of amides is 1. The summed E-state index contributed by atoms with van der Waals surface area (Å²) in [4.78, 5) is 12.5. The zero-order valence-electron chi connectivity index (χ0n) is 16.9. The van der Waals surface area contributed by atoms with E-state index in [2.05, 4.69) is 5.32 Å². The van der Waals surface area contributed by atoms with Gasteiger partial charge < -0.3 is 10.1 Å². The molecule has 31 heavy (non-hydrogen) atoms. The standard InChI is InChI=1S/C19H26ClN3O6S2/c20-17-3-5-18(6-4-17)30(25,26)14-2-1-8-21-19(24)16-7-9-23(15-16)31(27,28)22-10-12-29-13-11-22/h2-6,14,16H,1,7-13,15H2,(H,21,24)/b14-2+. The number of hydrogen-bond donors (Lipinski definition) is 1. The summed E-state index contributed by atoms with van der Waals surface area (Å²) in [6, 6.07) is 5.88. The summed E-state index contributed by atoms with van der Waals surface area (Å²) >= 11 is 5.77. The van der Waals surface area contributed by atoms with Crippen molar-refractivity contribution in [1.29, 1.82) is 0 Å². The second-order valence-corrected chi connectivity index (χ2v) is 11.5. The summed E-state index contributed by atoms with van der Waals surface area (Å²) in [6.45, 7) is 2.10. The maximum atomic E-state index is 12.7. The lowest BCUT2D eigenvalue weighted by Gasteiger charge is -2.30. The first-order chi connectivity index (χ1) is 14.7. The van der Waals surface area contributed by atoms with Gasteiger partial charge in [-0.05, 0) is 37.1 Å². The van der Waals surface area contributed by atoms with E-state index < -0.39 is 26.0 Å². The quantitative estimate of drug-likeness (QED) is 0.543. The number of nitrogens with one attached hydrogen (secondary N) is 1. The van der Waals surface area contributed by atoms with Gasteiger partial charge in [0, 0.05) is 43.2 Å². The summed E-state index contributed by atoms with van der Waals surface area (Å²) < 4.78 is 57.7. The van der Waals surface area contributed by atoms with E-state index in [-0.39, 0.29) is 23.9 Å². The van der Waals surface area contributed by atoms with Crippen LogP contribution in [0.1, 0.15) is 12.8 Å². The number of sulfone groups is 1. The molecule has 2 heterocycles. The molecule has 2 aliphatic rings. The molecule has 3 rings (SSSR count). The molecule has 0 spiro atoms. The van der Waals surface area contributed by atoms with E-state index in [9.17, 15) is 21.6 Å². The zero-order chi connectivity index (χ0) is 22.5. The van der Waals surface area contributed by atoms with Crippen LogP contribution in [0, 0.1) is 5.92 Å². The number of morpholine rings is 1. The molecule has 1 unspecified atom stereocenters. The van der Waals surface area contributed by atoms with Gasteiger partial charge in [-0.2, -0.15) is 17.0 Å². The lowest BCUT2D eigenvalue weighted by Crippen LogP contribution is -2.48. The first-order valence-corrected chi connectivity index (χ1v) is 13.3. The maximum Gasteiger partial charge on any atom is 0.282 e. The van der Waals surface area contributed by atoms with Crippen molar-refractivity contribution >= 4 is 37.6 Å². The van der Waals surface area contributed by atoms with Crippen LogP contribution in [-0.2, 0) is 29.6 Å². The van der Waals surface area contributed by atoms with Crippen LogP contribution in [0.2, 0.25) is 5.02 Å². The smallest absolute Gasteiger partial charge is 0.282 e. The Morgan fingerprint density at radius 1 is 1.10 bits per heavy atom. The van der Waals surface area contributed by atoms with Crippen LogP contribution < -0.4 is 5.32 Å². The SMILES string of the molecule is O=C(NCC/C=C/S(=O)(=O)c1ccc(Cl)cc1)C1CCN(S(=O)(=O)N2CCOCC2)C1. The van der Waals surface area contributed by atoms with E-state index in [1.165, 1.54) is 39.0 Å². The minimum atomic E-state index is -3.58. The van der Waals surface area contributed by atoms with Crippen molar-refractivity contribution in [3.05, 3.63) is 40.8 Å². The maximum absolute atomic E-state index is 12.7. The number of nitrogens with zero attached hydrogens (tertiary/aromatic N) is 2. The van der Waals surface area contributed by atoms with E-state index in [4.69, 9.17) is 16.3 Å². The van der Waals surface area contributed by atoms with Crippen LogP contribution in [0.3, 0.4) is 0 Å². The lowest BCUT2D eigenvalue weighted by atomic mass is 10.1. The largest absolute Gasteiger partial charge is 0.379 e. The normalized spacial score (nSPS) is 21.5. The van der Waals surface area contributed by atoms with E-state index in [1.807, 2.05) is 0 Å². The number of halogens is 1. The number of carbonyl (C=O) groups excluding carboxylic acids is 1. The van der Waals surface area contributed by atoms with E-state index in [1.54, 1.807) is 0 Å². The molecule has 2 saturated heterocycles. The number of hydrogen-bond acceptors (Lipinski definition) is 6. The topological polar surface area (TPSA) is 113 Å². The van der Waals surface area contributed by atoms with E-state index >= 15 is 0 Å². The van der Waals surface area contributed by atoms with Gasteiger partial charge in [0.05, 0.1) is 24.0 Å². The van der Waals surface area contributed by atoms with Crippen molar-refractivity contribution in [3.63, 3.8) is 0 Å². The summed E-state index contributed by atoms with van der Waals surface area (Å²) in [6.07, 6.45) is 2.27. The molecule has 1 aromatic carbocycles. The zero-order valence-corrected chi connectivity index (χ0v) is 19.3. The molecule has 0 aromatic heterocycles. The number of ether oxygens (including phenoxy) is 1. The van der Waals surface area contributed by atoms with Gasteiger partial charge in [0.15, 0.2) is 9.84 Å². The Morgan fingerprint density at radius 3 is 2.45 bits per heavy atom. The third kappa shape index (κ3) is 6.27. The van der Waals surface area contributed by atoms with Crippen molar-refractivity contribution < 1.29 is 26.4 Å². The minimum absolute atomic E-state index is 0.143. The van der Waals surface area contributed by atoms with Crippen molar-refractivity contribution in [3.8, 4) is 0 Å². The predicted molar refractivity (Wildman–Crippen MR) is 116 cm³/mol. The molecule has 2 fully saturated rings. The van der Waals surface area contributed by atoms with Crippen molar-refractivity contribution in [2.45, 2.75) is 17.7 Å². The highest BCUT2D eigenvalue weighted by atomic mass is 35.5. The van der Waals surface area contributed by atoms with Crippen LogP contribution in [0.4, 0.5) is 0 Å². The fraction of sp³-hybridized carbons (Fsp3) is 0.526. The van der Waals surface area contributed by atoms with Gasteiger partial charge in [0.25, 0.3) is 10.2 Å². The first-order valence-electron chi connectivity index (χ1n) is 9.98. The molecule has 0 aliphatic carbocycles.